The Morgan fingerprint density at radius 3 is 2.25 bits per heavy atom. The van der Waals surface area contributed by atoms with Gasteiger partial charge < -0.3 is 16.0 Å². The Morgan fingerprint density at radius 2 is 1.62 bits per heavy atom. The molecule has 7 nitrogen and oxygen atoms in total. The minimum atomic E-state index is -0.352. The van der Waals surface area contributed by atoms with Gasteiger partial charge in [-0.15, -0.1) is 0 Å². The second-order valence-corrected chi connectivity index (χ2v) is 8.40. The van der Waals surface area contributed by atoms with Crippen LogP contribution in [0.1, 0.15) is 43.4 Å². The fourth-order valence-corrected chi connectivity index (χ4v) is 3.93. The molecule has 1 aliphatic rings. The number of carbonyl (C=O) groups excluding carboxylic acids is 3. The predicted octanol–water partition coefficient (Wildman–Crippen LogP) is 2.78. The summed E-state index contributed by atoms with van der Waals surface area (Å²) in [6.07, 6.45) is 1.78. The number of piperidine rings is 1. The first-order valence-electron chi connectivity index (χ1n) is 11.1. The molecule has 2 aromatic rings. The molecule has 1 aliphatic heterocycles. The van der Waals surface area contributed by atoms with Crippen molar-refractivity contribution in [2.24, 2.45) is 0 Å². The second kappa shape index (κ2) is 11.4. The fourth-order valence-electron chi connectivity index (χ4n) is 3.93. The summed E-state index contributed by atoms with van der Waals surface area (Å²) in [7, 11) is 0. The van der Waals surface area contributed by atoms with Gasteiger partial charge in [0, 0.05) is 31.7 Å². The van der Waals surface area contributed by atoms with Crippen molar-refractivity contribution in [3.8, 4) is 0 Å². The lowest BCUT2D eigenvalue weighted by molar-refractivity contribution is -0.124. The van der Waals surface area contributed by atoms with Crippen LogP contribution in [-0.4, -0.2) is 48.3 Å². The van der Waals surface area contributed by atoms with Crippen molar-refractivity contribution < 1.29 is 14.4 Å². The third-order valence-electron chi connectivity index (χ3n) is 5.62. The minimum Gasteiger partial charge on any atom is -0.353 e. The lowest BCUT2D eigenvalue weighted by Crippen LogP contribution is -2.47. The summed E-state index contributed by atoms with van der Waals surface area (Å²) in [5.74, 6) is -0.273. The van der Waals surface area contributed by atoms with Gasteiger partial charge in [-0.25, -0.2) is 0 Å². The van der Waals surface area contributed by atoms with Crippen LogP contribution >= 0.6 is 0 Å². The molecule has 3 N–H and O–H groups in total. The molecule has 0 aromatic heterocycles. The van der Waals surface area contributed by atoms with Gasteiger partial charge in [-0.05, 0) is 37.5 Å². The van der Waals surface area contributed by atoms with E-state index in [1.165, 1.54) is 6.92 Å². The van der Waals surface area contributed by atoms with Crippen LogP contribution in [0.5, 0.6) is 0 Å². The maximum Gasteiger partial charge on any atom is 0.238 e. The Morgan fingerprint density at radius 1 is 0.969 bits per heavy atom. The Bertz CT molecular complexity index is 907. The largest absolute Gasteiger partial charge is 0.353 e. The number of likely N-dealkylation sites (tertiary alicyclic amines) is 1. The topological polar surface area (TPSA) is 90.5 Å². The first-order chi connectivity index (χ1) is 15.4. The molecule has 1 heterocycles. The zero-order valence-electron chi connectivity index (χ0n) is 18.8. The summed E-state index contributed by atoms with van der Waals surface area (Å²) in [5, 5.41) is 8.88. The molecule has 3 rings (SSSR count). The normalized spacial score (nSPS) is 15.6. The van der Waals surface area contributed by atoms with Gasteiger partial charge in [-0.1, -0.05) is 48.0 Å². The van der Waals surface area contributed by atoms with Crippen LogP contribution in [0.2, 0.25) is 0 Å². The van der Waals surface area contributed by atoms with E-state index in [1.54, 1.807) is 0 Å². The number of benzene rings is 2. The molecule has 0 saturated carbocycles. The number of carbonyl (C=O) groups is 3. The third kappa shape index (κ3) is 7.50. The van der Waals surface area contributed by atoms with Crippen LogP contribution in [-0.2, 0) is 14.4 Å². The standard InChI is InChI=1S/C25H32N4O3/c1-18-8-10-20(11-9-18)23(26-19(2)30)16-24(31)27-22-12-14-29(15-13-22)17-25(32)28-21-6-4-3-5-7-21/h3-11,22-23H,12-17H2,1-2H3,(H,26,30)(H,27,31)(H,28,32). The number of rotatable bonds is 8. The van der Waals surface area contributed by atoms with E-state index in [9.17, 15) is 14.4 Å². The van der Waals surface area contributed by atoms with Crippen LogP contribution in [0.25, 0.3) is 0 Å². The summed E-state index contributed by atoms with van der Waals surface area (Å²) in [6.45, 7) is 5.30. The van der Waals surface area contributed by atoms with Crippen molar-refractivity contribution >= 4 is 23.4 Å². The highest BCUT2D eigenvalue weighted by Crippen LogP contribution is 2.19. The fraction of sp³-hybridized carbons (Fsp3) is 0.400. The number of anilines is 1. The molecule has 0 aliphatic carbocycles. The number of hydrogen-bond donors (Lipinski definition) is 3. The van der Waals surface area contributed by atoms with E-state index >= 15 is 0 Å². The summed E-state index contributed by atoms with van der Waals surface area (Å²) in [6, 6.07) is 17.0. The molecule has 1 saturated heterocycles. The monoisotopic (exact) mass is 436 g/mol. The molecule has 7 heteroatoms. The Labute approximate surface area is 189 Å². The number of nitrogens with one attached hydrogen (secondary N) is 3. The Hall–Kier alpha value is -3.19. The molecule has 0 radical (unpaired) electrons. The number of nitrogens with zero attached hydrogens (tertiary/aromatic N) is 1. The van der Waals surface area contributed by atoms with Gasteiger partial charge in [0.2, 0.25) is 17.7 Å². The highest BCUT2D eigenvalue weighted by atomic mass is 16.2. The van der Waals surface area contributed by atoms with E-state index in [2.05, 4.69) is 20.9 Å². The highest BCUT2D eigenvalue weighted by Gasteiger charge is 2.24. The quantitative estimate of drug-likeness (QED) is 0.594. The number of para-hydroxylation sites is 1. The number of amides is 3. The third-order valence-corrected chi connectivity index (χ3v) is 5.62. The van der Waals surface area contributed by atoms with E-state index in [-0.39, 0.29) is 36.2 Å². The maximum atomic E-state index is 12.7. The predicted molar refractivity (Wildman–Crippen MR) is 125 cm³/mol. The molecule has 1 fully saturated rings. The molecule has 3 amide bonds. The lowest BCUT2D eigenvalue weighted by atomic mass is 10.0. The average molecular weight is 437 g/mol. The molecule has 2 aromatic carbocycles. The van der Waals surface area contributed by atoms with Crippen molar-refractivity contribution in [3.05, 3.63) is 65.7 Å². The van der Waals surface area contributed by atoms with Crippen LogP contribution in [0.3, 0.4) is 0 Å². The molecular formula is C25H32N4O3. The first-order valence-corrected chi connectivity index (χ1v) is 11.1. The molecule has 1 atom stereocenters. The summed E-state index contributed by atoms with van der Waals surface area (Å²) < 4.78 is 0. The first kappa shape index (κ1) is 23.5. The SMILES string of the molecule is CC(=O)NC(CC(=O)NC1CCN(CC(=O)Nc2ccccc2)CC1)c1ccc(C)cc1. The minimum absolute atomic E-state index is 0.0325. The van der Waals surface area contributed by atoms with Gasteiger partial charge in [0.1, 0.15) is 0 Å². The summed E-state index contributed by atoms with van der Waals surface area (Å²) in [5.41, 5.74) is 2.84. The van der Waals surface area contributed by atoms with Crippen molar-refractivity contribution in [2.75, 3.05) is 25.0 Å². The zero-order chi connectivity index (χ0) is 22.9. The highest BCUT2D eigenvalue weighted by molar-refractivity contribution is 5.92. The Balaban J connectivity index is 1.44. The van der Waals surface area contributed by atoms with Crippen molar-refractivity contribution in [1.82, 2.24) is 15.5 Å². The van der Waals surface area contributed by atoms with E-state index in [0.29, 0.717) is 6.54 Å². The van der Waals surface area contributed by atoms with Crippen LogP contribution < -0.4 is 16.0 Å². The summed E-state index contributed by atoms with van der Waals surface area (Å²) >= 11 is 0. The second-order valence-electron chi connectivity index (χ2n) is 8.40. The van der Waals surface area contributed by atoms with Gasteiger partial charge in [-0.2, -0.15) is 0 Å². The molecular weight excluding hydrogens is 404 g/mol. The van der Waals surface area contributed by atoms with Crippen molar-refractivity contribution in [3.63, 3.8) is 0 Å². The van der Waals surface area contributed by atoms with E-state index in [4.69, 9.17) is 0 Å². The molecule has 170 valence electrons. The van der Waals surface area contributed by atoms with Gasteiger partial charge in [0.25, 0.3) is 0 Å². The van der Waals surface area contributed by atoms with E-state index < -0.39 is 0 Å². The van der Waals surface area contributed by atoms with E-state index in [0.717, 1.165) is 42.7 Å². The van der Waals surface area contributed by atoms with Crippen LogP contribution in [0, 0.1) is 6.92 Å². The smallest absolute Gasteiger partial charge is 0.238 e. The van der Waals surface area contributed by atoms with Crippen LogP contribution in [0.15, 0.2) is 54.6 Å². The van der Waals surface area contributed by atoms with E-state index in [1.807, 2.05) is 61.5 Å². The van der Waals surface area contributed by atoms with Gasteiger partial charge in [0.05, 0.1) is 19.0 Å². The maximum absolute atomic E-state index is 12.7. The van der Waals surface area contributed by atoms with Gasteiger partial charge in [0.15, 0.2) is 0 Å². The molecule has 1 unspecified atom stereocenters. The van der Waals surface area contributed by atoms with Gasteiger partial charge >= 0.3 is 0 Å². The molecule has 0 bridgehead atoms. The number of aryl methyl sites for hydroxylation is 1. The zero-order valence-corrected chi connectivity index (χ0v) is 18.8. The number of hydrogen-bond acceptors (Lipinski definition) is 4. The van der Waals surface area contributed by atoms with Crippen molar-refractivity contribution in [1.29, 1.82) is 0 Å². The molecule has 32 heavy (non-hydrogen) atoms. The van der Waals surface area contributed by atoms with Crippen LogP contribution in [0.4, 0.5) is 5.69 Å². The Kier molecular flexibility index (Phi) is 8.39. The summed E-state index contributed by atoms with van der Waals surface area (Å²) in [4.78, 5) is 38.6. The van der Waals surface area contributed by atoms with Crippen molar-refractivity contribution in [2.45, 2.75) is 45.2 Å². The van der Waals surface area contributed by atoms with Gasteiger partial charge in [-0.3, -0.25) is 19.3 Å². The lowest BCUT2D eigenvalue weighted by Gasteiger charge is -2.32. The average Bonchev–Trinajstić information content (AvgIpc) is 2.75. The molecule has 0 spiro atoms.